The molecule has 0 aliphatic carbocycles. The summed E-state index contributed by atoms with van der Waals surface area (Å²) in [4.78, 5) is 31.6. The van der Waals surface area contributed by atoms with Crippen LogP contribution in [0.1, 0.15) is 20.8 Å². The van der Waals surface area contributed by atoms with Crippen molar-refractivity contribution in [2.24, 2.45) is 0 Å². The van der Waals surface area contributed by atoms with Crippen LogP contribution in [0.3, 0.4) is 0 Å². The minimum Gasteiger partial charge on any atom is -0.444 e. The lowest BCUT2D eigenvalue weighted by Gasteiger charge is -2.36. The van der Waals surface area contributed by atoms with Crippen molar-refractivity contribution in [3.8, 4) is 0 Å². The first-order valence-electron chi connectivity index (χ1n) is 7.95. The second kappa shape index (κ2) is 7.37. The van der Waals surface area contributed by atoms with E-state index in [0.717, 1.165) is 5.69 Å². The first-order chi connectivity index (χ1) is 11.3. The van der Waals surface area contributed by atoms with Gasteiger partial charge in [-0.1, -0.05) is 0 Å². The molecule has 2 rings (SSSR count). The van der Waals surface area contributed by atoms with Gasteiger partial charge in [0.25, 0.3) is 0 Å². The van der Waals surface area contributed by atoms with Crippen molar-refractivity contribution in [2.75, 3.05) is 43.4 Å². The standard InChI is InChI=1S/C16H25N5O3/c1-16(2,3)24-15(23)19-11-14(22)21-8-6-20(7-9-21)13-4-5-18-10-12(13)17/h4-5,10H,6-9,11,17H2,1-3H3,(H,19,23). The van der Waals surface area contributed by atoms with Crippen LogP contribution in [0.25, 0.3) is 0 Å². The SMILES string of the molecule is CC(C)(C)OC(=O)NCC(=O)N1CCN(c2ccncc2N)CC1. The van der Waals surface area contributed by atoms with Crippen LogP contribution in [-0.4, -0.2) is 60.2 Å². The van der Waals surface area contributed by atoms with Crippen LogP contribution in [0.4, 0.5) is 16.2 Å². The Morgan fingerprint density at radius 2 is 1.96 bits per heavy atom. The molecule has 2 amide bonds. The van der Waals surface area contributed by atoms with Crippen molar-refractivity contribution in [1.82, 2.24) is 15.2 Å². The summed E-state index contributed by atoms with van der Waals surface area (Å²) in [7, 11) is 0. The molecule has 1 fully saturated rings. The highest BCUT2D eigenvalue weighted by Gasteiger charge is 2.23. The number of alkyl carbamates (subject to hydrolysis) is 1. The molecule has 2 heterocycles. The number of carbonyl (C=O) groups is 2. The summed E-state index contributed by atoms with van der Waals surface area (Å²) in [6.45, 7) is 7.80. The van der Waals surface area contributed by atoms with Crippen LogP contribution in [0, 0.1) is 0 Å². The van der Waals surface area contributed by atoms with Gasteiger partial charge in [0.2, 0.25) is 5.91 Å². The van der Waals surface area contributed by atoms with Gasteiger partial charge in [-0.25, -0.2) is 4.79 Å². The number of anilines is 2. The maximum atomic E-state index is 12.2. The topological polar surface area (TPSA) is 101 Å². The first-order valence-corrected chi connectivity index (χ1v) is 7.95. The minimum atomic E-state index is -0.584. The van der Waals surface area contributed by atoms with E-state index in [1.807, 2.05) is 6.07 Å². The van der Waals surface area contributed by atoms with Gasteiger partial charge in [-0.3, -0.25) is 9.78 Å². The smallest absolute Gasteiger partial charge is 0.408 e. The van der Waals surface area contributed by atoms with Gasteiger partial charge in [0, 0.05) is 32.4 Å². The molecule has 132 valence electrons. The third-order valence-electron chi connectivity index (χ3n) is 3.58. The molecule has 0 radical (unpaired) electrons. The maximum absolute atomic E-state index is 12.2. The van der Waals surface area contributed by atoms with Crippen molar-refractivity contribution in [3.63, 3.8) is 0 Å². The molecule has 3 N–H and O–H groups in total. The van der Waals surface area contributed by atoms with E-state index in [9.17, 15) is 9.59 Å². The Hall–Kier alpha value is -2.51. The predicted molar refractivity (Wildman–Crippen MR) is 91.7 cm³/mol. The van der Waals surface area contributed by atoms with Gasteiger partial charge in [0.05, 0.1) is 17.6 Å². The number of rotatable bonds is 3. The number of nitrogen functional groups attached to an aromatic ring is 1. The van der Waals surface area contributed by atoms with Crippen molar-refractivity contribution in [2.45, 2.75) is 26.4 Å². The number of carbonyl (C=O) groups excluding carboxylic acids is 2. The molecular formula is C16H25N5O3. The Morgan fingerprint density at radius 1 is 1.29 bits per heavy atom. The highest BCUT2D eigenvalue weighted by atomic mass is 16.6. The van der Waals surface area contributed by atoms with Gasteiger partial charge in [-0.15, -0.1) is 0 Å². The lowest BCUT2D eigenvalue weighted by Crippen LogP contribution is -2.51. The summed E-state index contributed by atoms with van der Waals surface area (Å²) in [6.07, 6.45) is 2.74. The van der Waals surface area contributed by atoms with E-state index in [1.54, 1.807) is 38.1 Å². The van der Waals surface area contributed by atoms with Gasteiger partial charge in [-0.2, -0.15) is 0 Å². The molecule has 0 aromatic carbocycles. The van der Waals surface area contributed by atoms with Gasteiger partial charge in [0.1, 0.15) is 12.1 Å². The van der Waals surface area contributed by atoms with Gasteiger partial charge in [0.15, 0.2) is 0 Å². The van der Waals surface area contributed by atoms with E-state index in [1.165, 1.54) is 0 Å². The van der Waals surface area contributed by atoms with Crippen LogP contribution >= 0.6 is 0 Å². The number of nitrogens with two attached hydrogens (primary N) is 1. The van der Waals surface area contributed by atoms with E-state index in [2.05, 4.69) is 15.2 Å². The lowest BCUT2D eigenvalue weighted by molar-refractivity contribution is -0.130. The molecule has 0 unspecified atom stereocenters. The highest BCUT2D eigenvalue weighted by molar-refractivity contribution is 5.82. The molecular weight excluding hydrogens is 310 g/mol. The maximum Gasteiger partial charge on any atom is 0.408 e. The summed E-state index contributed by atoms with van der Waals surface area (Å²) in [5.74, 6) is -0.122. The molecule has 24 heavy (non-hydrogen) atoms. The van der Waals surface area contributed by atoms with Crippen LogP contribution in [-0.2, 0) is 9.53 Å². The normalized spacial score (nSPS) is 15.1. The van der Waals surface area contributed by atoms with Crippen molar-refractivity contribution in [3.05, 3.63) is 18.5 Å². The monoisotopic (exact) mass is 335 g/mol. The second-order valence-electron chi connectivity index (χ2n) is 6.66. The number of pyridine rings is 1. The molecule has 0 bridgehead atoms. The average molecular weight is 335 g/mol. The summed E-state index contributed by atoms with van der Waals surface area (Å²) >= 11 is 0. The number of piperazine rings is 1. The highest BCUT2D eigenvalue weighted by Crippen LogP contribution is 2.22. The molecule has 1 aromatic rings. The number of aromatic nitrogens is 1. The number of amides is 2. The molecule has 8 nitrogen and oxygen atoms in total. The summed E-state index contributed by atoms with van der Waals surface area (Å²) in [5.41, 5.74) is 6.91. The zero-order valence-electron chi connectivity index (χ0n) is 14.4. The fourth-order valence-electron chi connectivity index (χ4n) is 2.46. The third kappa shape index (κ3) is 5.00. The molecule has 1 saturated heterocycles. The Morgan fingerprint density at radius 3 is 2.54 bits per heavy atom. The number of hydrogen-bond donors (Lipinski definition) is 2. The zero-order chi connectivity index (χ0) is 17.7. The Labute approximate surface area is 142 Å². The third-order valence-corrected chi connectivity index (χ3v) is 3.58. The van der Waals surface area contributed by atoms with E-state index in [4.69, 9.17) is 10.5 Å². The summed E-state index contributed by atoms with van der Waals surface area (Å²) in [6, 6.07) is 1.87. The Balaban J connectivity index is 1.79. The molecule has 8 heteroatoms. The molecule has 0 atom stereocenters. The first kappa shape index (κ1) is 17.8. The van der Waals surface area contributed by atoms with Gasteiger partial charge in [-0.05, 0) is 26.8 Å². The van der Waals surface area contributed by atoms with Crippen molar-refractivity contribution in [1.29, 1.82) is 0 Å². The van der Waals surface area contributed by atoms with Gasteiger partial charge >= 0.3 is 6.09 Å². The second-order valence-corrected chi connectivity index (χ2v) is 6.66. The molecule has 1 aliphatic rings. The van der Waals surface area contributed by atoms with E-state index < -0.39 is 11.7 Å². The minimum absolute atomic E-state index is 0.0632. The number of ether oxygens (including phenoxy) is 1. The number of hydrogen-bond acceptors (Lipinski definition) is 6. The fraction of sp³-hybridized carbons (Fsp3) is 0.562. The van der Waals surface area contributed by atoms with Crippen molar-refractivity contribution < 1.29 is 14.3 Å². The lowest BCUT2D eigenvalue weighted by atomic mass is 10.2. The summed E-state index contributed by atoms with van der Waals surface area (Å²) < 4.78 is 5.11. The van der Waals surface area contributed by atoms with Crippen molar-refractivity contribution >= 4 is 23.4 Å². The van der Waals surface area contributed by atoms with Gasteiger partial charge < -0.3 is 25.6 Å². The molecule has 0 saturated carbocycles. The number of nitrogens with zero attached hydrogens (tertiary/aromatic N) is 3. The molecule has 1 aromatic heterocycles. The number of nitrogens with one attached hydrogen (secondary N) is 1. The van der Waals surface area contributed by atoms with Crippen LogP contribution in [0.15, 0.2) is 18.5 Å². The Bertz CT molecular complexity index is 592. The van der Waals surface area contributed by atoms with Crippen LogP contribution in [0.2, 0.25) is 0 Å². The van der Waals surface area contributed by atoms with Crippen LogP contribution in [0.5, 0.6) is 0 Å². The largest absolute Gasteiger partial charge is 0.444 e. The van der Waals surface area contributed by atoms with E-state index in [-0.39, 0.29) is 12.5 Å². The van der Waals surface area contributed by atoms with E-state index >= 15 is 0 Å². The summed E-state index contributed by atoms with van der Waals surface area (Å²) in [5, 5.41) is 2.49. The van der Waals surface area contributed by atoms with E-state index in [0.29, 0.717) is 31.9 Å². The average Bonchev–Trinajstić information content (AvgIpc) is 2.52. The molecule has 1 aliphatic heterocycles. The Kier molecular flexibility index (Phi) is 5.48. The zero-order valence-corrected chi connectivity index (χ0v) is 14.4. The quantitative estimate of drug-likeness (QED) is 0.849. The molecule has 0 spiro atoms. The fourth-order valence-corrected chi connectivity index (χ4v) is 2.46. The predicted octanol–water partition coefficient (Wildman–Crippen LogP) is 0.837. The van der Waals surface area contributed by atoms with Crippen LogP contribution < -0.4 is 16.0 Å².